The standard InChI is InChI=1S/C23H28N4O3/c28-22(25-21-16-19(11-12-24-21)26-13-5-2-6-14-26)20-10-7-15-27(20)23(29)30-17-18-8-3-1-4-9-18/h1,3-4,8-9,11-12,16,20H,2,5-7,10,13-15,17H2,(H,24,25,28)/t20-/m0/s1. The average Bonchev–Trinajstić information content (AvgIpc) is 3.29. The fourth-order valence-corrected chi connectivity index (χ4v) is 4.11. The molecule has 4 rings (SSSR count). The smallest absolute Gasteiger partial charge is 0.410 e. The summed E-state index contributed by atoms with van der Waals surface area (Å²) >= 11 is 0. The molecule has 2 saturated heterocycles. The van der Waals surface area contributed by atoms with E-state index < -0.39 is 12.1 Å². The molecule has 2 aliphatic heterocycles. The second kappa shape index (κ2) is 9.61. The van der Waals surface area contributed by atoms with E-state index in [4.69, 9.17) is 4.74 Å². The van der Waals surface area contributed by atoms with Crippen molar-refractivity contribution in [1.29, 1.82) is 0 Å². The molecule has 158 valence electrons. The Hall–Kier alpha value is -3.09. The molecule has 1 aromatic heterocycles. The third-order valence-corrected chi connectivity index (χ3v) is 5.71. The van der Waals surface area contributed by atoms with Crippen molar-refractivity contribution in [3.05, 3.63) is 54.2 Å². The first-order valence-corrected chi connectivity index (χ1v) is 10.7. The number of anilines is 2. The number of piperidine rings is 1. The number of benzene rings is 1. The number of rotatable bonds is 5. The van der Waals surface area contributed by atoms with Crippen LogP contribution in [0.5, 0.6) is 0 Å². The molecule has 2 aromatic rings. The Bertz CT molecular complexity index is 868. The maximum Gasteiger partial charge on any atom is 0.410 e. The number of likely N-dealkylation sites (tertiary alicyclic amines) is 1. The lowest BCUT2D eigenvalue weighted by molar-refractivity contribution is -0.120. The number of ether oxygens (including phenoxy) is 1. The fourth-order valence-electron chi connectivity index (χ4n) is 4.11. The monoisotopic (exact) mass is 408 g/mol. The Kier molecular flexibility index (Phi) is 6.47. The predicted molar refractivity (Wildman–Crippen MR) is 115 cm³/mol. The Morgan fingerprint density at radius 2 is 1.83 bits per heavy atom. The van der Waals surface area contributed by atoms with Gasteiger partial charge in [0.1, 0.15) is 18.5 Å². The van der Waals surface area contributed by atoms with E-state index in [1.807, 2.05) is 42.5 Å². The van der Waals surface area contributed by atoms with E-state index in [1.165, 1.54) is 24.2 Å². The Morgan fingerprint density at radius 1 is 1.03 bits per heavy atom. The van der Waals surface area contributed by atoms with E-state index in [9.17, 15) is 9.59 Å². The topological polar surface area (TPSA) is 74.8 Å². The maximum atomic E-state index is 12.9. The summed E-state index contributed by atoms with van der Waals surface area (Å²) in [6.07, 6.45) is 6.31. The van der Waals surface area contributed by atoms with Crippen molar-refractivity contribution in [1.82, 2.24) is 9.88 Å². The number of pyridine rings is 1. The molecule has 3 heterocycles. The molecule has 0 radical (unpaired) electrons. The van der Waals surface area contributed by atoms with Crippen LogP contribution in [0.4, 0.5) is 16.3 Å². The van der Waals surface area contributed by atoms with E-state index in [2.05, 4.69) is 15.2 Å². The Balaban J connectivity index is 1.36. The number of aromatic nitrogens is 1. The van der Waals surface area contributed by atoms with Crippen molar-refractivity contribution < 1.29 is 14.3 Å². The number of nitrogens with one attached hydrogen (secondary N) is 1. The van der Waals surface area contributed by atoms with Crippen LogP contribution in [-0.2, 0) is 16.1 Å². The molecule has 2 aliphatic rings. The summed E-state index contributed by atoms with van der Waals surface area (Å²) in [4.78, 5) is 33.6. The summed E-state index contributed by atoms with van der Waals surface area (Å²) in [7, 11) is 0. The van der Waals surface area contributed by atoms with E-state index in [-0.39, 0.29) is 12.5 Å². The number of nitrogens with zero attached hydrogens (tertiary/aromatic N) is 3. The molecule has 0 bridgehead atoms. The molecule has 0 aliphatic carbocycles. The molecular weight excluding hydrogens is 380 g/mol. The van der Waals surface area contributed by atoms with Gasteiger partial charge in [-0.15, -0.1) is 0 Å². The molecule has 1 atom stereocenters. The minimum absolute atomic E-state index is 0.198. The first kappa shape index (κ1) is 20.2. The van der Waals surface area contributed by atoms with E-state index in [1.54, 1.807) is 6.20 Å². The second-order valence-corrected chi connectivity index (χ2v) is 7.83. The zero-order valence-corrected chi connectivity index (χ0v) is 17.1. The van der Waals surface area contributed by atoms with Crippen LogP contribution in [0.1, 0.15) is 37.7 Å². The van der Waals surface area contributed by atoms with Crippen molar-refractivity contribution in [2.75, 3.05) is 29.9 Å². The highest BCUT2D eigenvalue weighted by Gasteiger charge is 2.35. The molecule has 0 saturated carbocycles. The summed E-state index contributed by atoms with van der Waals surface area (Å²) in [6.45, 7) is 2.78. The molecule has 7 nitrogen and oxygen atoms in total. The largest absolute Gasteiger partial charge is 0.445 e. The molecule has 2 amide bonds. The number of hydrogen-bond acceptors (Lipinski definition) is 5. The zero-order valence-electron chi connectivity index (χ0n) is 17.1. The van der Waals surface area contributed by atoms with Crippen LogP contribution in [0.2, 0.25) is 0 Å². The predicted octanol–water partition coefficient (Wildman–Crippen LogP) is 3.81. The van der Waals surface area contributed by atoms with Crippen molar-refractivity contribution >= 4 is 23.5 Å². The van der Waals surface area contributed by atoms with Gasteiger partial charge < -0.3 is 15.0 Å². The Morgan fingerprint density at radius 3 is 2.63 bits per heavy atom. The first-order chi connectivity index (χ1) is 14.7. The number of amides is 2. The van der Waals surface area contributed by atoms with Gasteiger partial charge in [-0.1, -0.05) is 30.3 Å². The lowest BCUT2D eigenvalue weighted by Gasteiger charge is -2.29. The molecule has 0 unspecified atom stereocenters. The summed E-state index contributed by atoms with van der Waals surface area (Å²) in [5.41, 5.74) is 2.00. The number of carbonyl (C=O) groups is 2. The van der Waals surface area contributed by atoms with Crippen LogP contribution >= 0.6 is 0 Å². The third-order valence-electron chi connectivity index (χ3n) is 5.71. The highest BCUT2D eigenvalue weighted by Crippen LogP contribution is 2.24. The van der Waals surface area contributed by atoms with Gasteiger partial charge in [0.15, 0.2) is 0 Å². The summed E-state index contributed by atoms with van der Waals surface area (Å²) in [6, 6.07) is 12.9. The lowest BCUT2D eigenvalue weighted by Crippen LogP contribution is -2.43. The van der Waals surface area contributed by atoms with Gasteiger partial charge in [-0.2, -0.15) is 0 Å². The van der Waals surface area contributed by atoms with Crippen LogP contribution in [0, 0.1) is 0 Å². The molecule has 1 aromatic carbocycles. The fraction of sp³-hybridized carbons (Fsp3) is 0.435. The normalized spacial score (nSPS) is 18.9. The quantitative estimate of drug-likeness (QED) is 0.814. The van der Waals surface area contributed by atoms with Crippen LogP contribution in [0.3, 0.4) is 0 Å². The highest BCUT2D eigenvalue weighted by molar-refractivity contribution is 5.96. The van der Waals surface area contributed by atoms with Crippen molar-refractivity contribution in [3.63, 3.8) is 0 Å². The van der Waals surface area contributed by atoms with E-state index >= 15 is 0 Å². The zero-order chi connectivity index (χ0) is 20.8. The molecule has 1 N–H and O–H groups in total. The summed E-state index contributed by atoms with van der Waals surface area (Å²) in [5.74, 6) is 0.306. The van der Waals surface area contributed by atoms with Gasteiger partial charge >= 0.3 is 6.09 Å². The highest BCUT2D eigenvalue weighted by atomic mass is 16.6. The van der Waals surface area contributed by atoms with Gasteiger partial charge in [-0.3, -0.25) is 9.69 Å². The van der Waals surface area contributed by atoms with E-state index in [0.29, 0.717) is 18.8 Å². The Labute approximate surface area is 177 Å². The molecule has 30 heavy (non-hydrogen) atoms. The third kappa shape index (κ3) is 4.90. The lowest BCUT2D eigenvalue weighted by atomic mass is 10.1. The molecular formula is C23H28N4O3. The number of hydrogen-bond donors (Lipinski definition) is 1. The number of carbonyl (C=O) groups excluding carboxylic acids is 2. The molecule has 0 spiro atoms. The van der Waals surface area contributed by atoms with E-state index in [0.717, 1.165) is 30.8 Å². The van der Waals surface area contributed by atoms with Gasteiger partial charge in [0.05, 0.1) is 0 Å². The molecule has 2 fully saturated rings. The minimum atomic E-state index is -0.534. The van der Waals surface area contributed by atoms with Crippen molar-refractivity contribution in [3.8, 4) is 0 Å². The van der Waals surface area contributed by atoms with Crippen LogP contribution in [-0.4, -0.2) is 47.6 Å². The maximum absolute atomic E-state index is 12.9. The first-order valence-electron chi connectivity index (χ1n) is 10.7. The van der Waals surface area contributed by atoms with Gasteiger partial charge in [0.25, 0.3) is 0 Å². The summed E-state index contributed by atoms with van der Waals surface area (Å²) < 4.78 is 5.43. The van der Waals surface area contributed by atoms with Crippen molar-refractivity contribution in [2.45, 2.75) is 44.8 Å². The van der Waals surface area contributed by atoms with Crippen molar-refractivity contribution in [2.24, 2.45) is 0 Å². The van der Waals surface area contributed by atoms with Gasteiger partial charge in [-0.05, 0) is 43.7 Å². The average molecular weight is 409 g/mol. The van der Waals surface area contributed by atoms with Gasteiger partial charge in [-0.25, -0.2) is 9.78 Å². The molecule has 7 heteroatoms. The van der Waals surface area contributed by atoms with Crippen LogP contribution < -0.4 is 10.2 Å². The SMILES string of the molecule is O=C(Nc1cc(N2CCCCC2)ccn1)[C@@H]1CCCN1C(=O)OCc1ccccc1. The van der Waals surface area contributed by atoms with Crippen LogP contribution in [0.25, 0.3) is 0 Å². The second-order valence-electron chi connectivity index (χ2n) is 7.83. The minimum Gasteiger partial charge on any atom is -0.445 e. The summed E-state index contributed by atoms with van der Waals surface area (Å²) in [5, 5.41) is 2.90. The van der Waals surface area contributed by atoms with Gasteiger partial charge in [0.2, 0.25) is 5.91 Å². The van der Waals surface area contributed by atoms with Gasteiger partial charge in [0, 0.05) is 37.6 Å². The van der Waals surface area contributed by atoms with Crippen LogP contribution in [0.15, 0.2) is 48.7 Å².